The maximum Gasteiger partial charge on any atom is 0.301 e. The minimum atomic E-state index is -0.746. The van der Waals surface area contributed by atoms with Gasteiger partial charge in [-0.05, 0) is 6.07 Å². The molecule has 0 saturated heterocycles. The molecule has 9 nitrogen and oxygen atoms in total. The van der Waals surface area contributed by atoms with E-state index in [1.165, 1.54) is 12.3 Å². The second-order valence-corrected chi connectivity index (χ2v) is 4.33. The number of benzene rings is 2. The molecule has 9 heteroatoms. The maximum atomic E-state index is 11.0. The van der Waals surface area contributed by atoms with Gasteiger partial charge in [-0.25, -0.2) is 0 Å². The van der Waals surface area contributed by atoms with Crippen LogP contribution in [0, 0.1) is 20.2 Å². The van der Waals surface area contributed by atoms with Crippen molar-refractivity contribution in [2.45, 2.75) is 0 Å². The minimum absolute atomic E-state index is 0.000402. The molecule has 1 N–H and O–H groups in total. The number of carbonyl (C=O) groups is 1. The molecule has 0 heterocycles. The molecular formula is C14H10N4O5. The summed E-state index contributed by atoms with van der Waals surface area (Å²) in [5, 5.41) is 25.5. The van der Waals surface area contributed by atoms with Crippen molar-refractivity contribution in [1.82, 2.24) is 0 Å². The van der Waals surface area contributed by atoms with E-state index in [2.05, 4.69) is 10.5 Å². The summed E-state index contributed by atoms with van der Waals surface area (Å²) in [6.07, 6.45) is 1.99. The SMILES string of the molecule is O=Cc1ccccc1/C=N/Nc1ccc([N+](=O)[O-])cc1[N+](=O)[O-]. The van der Waals surface area contributed by atoms with Gasteiger partial charge in [-0.1, -0.05) is 24.3 Å². The van der Waals surface area contributed by atoms with Crippen LogP contribution in [0.3, 0.4) is 0 Å². The third kappa shape index (κ3) is 3.73. The van der Waals surface area contributed by atoms with Crippen molar-refractivity contribution in [3.63, 3.8) is 0 Å². The van der Waals surface area contributed by atoms with E-state index >= 15 is 0 Å². The number of non-ortho nitro benzene ring substituents is 1. The number of nitrogens with zero attached hydrogens (tertiary/aromatic N) is 3. The van der Waals surface area contributed by atoms with Gasteiger partial charge < -0.3 is 0 Å². The van der Waals surface area contributed by atoms with E-state index in [1.807, 2.05) is 0 Å². The highest BCUT2D eigenvalue weighted by Crippen LogP contribution is 2.28. The minimum Gasteiger partial charge on any atom is -0.298 e. The van der Waals surface area contributed by atoms with Crippen LogP contribution in [-0.2, 0) is 0 Å². The molecule has 0 aliphatic carbocycles. The quantitative estimate of drug-likeness (QED) is 0.378. The third-order valence-electron chi connectivity index (χ3n) is 2.90. The molecule has 0 aromatic heterocycles. The number of hydrogen-bond donors (Lipinski definition) is 1. The van der Waals surface area contributed by atoms with Gasteiger partial charge in [-0.3, -0.25) is 30.4 Å². The van der Waals surface area contributed by atoms with Crippen LogP contribution in [0.15, 0.2) is 47.6 Å². The van der Waals surface area contributed by atoms with Crippen molar-refractivity contribution in [3.05, 3.63) is 73.8 Å². The smallest absolute Gasteiger partial charge is 0.298 e. The van der Waals surface area contributed by atoms with Crippen LogP contribution in [0.25, 0.3) is 0 Å². The Kier molecular flexibility index (Phi) is 4.72. The molecule has 0 aliphatic heterocycles. The summed E-state index contributed by atoms with van der Waals surface area (Å²) in [6.45, 7) is 0. The summed E-state index contributed by atoms with van der Waals surface area (Å²) < 4.78 is 0. The Morgan fingerprint density at radius 3 is 2.30 bits per heavy atom. The number of nitro benzene ring substituents is 2. The van der Waals surface area contributed by atoms with Gasteiger partial charge in [0.1, 0.15) is 5.69 Å². The number of hydrogen-bond acceptors (Lipinski definition) is 7. The number of aldehydes is 1. The number of nitrogens with one attached hydrogen (secondary N) is 1. The lowest BCUT2D eigenvalue weighted by molar-refractivity contribution is -0.393. The molecule has 0 radical (unpaired) electrons. The molecule has 0 aliphatic rings. The highest BCUT2D eigenvalue weighted by molar-refractivity contribution is 5.92. The molecule has 0 saturated carbocycles. The highest BCUT2D eigenvalue weighted by atomic mass is 16.6. The summed E-state index contributed by atoms with van der Waals surface area (Å²) in [5.41, 5.74) is 2.53. The van der Waals surface area contributed by atoms with E-state index in [-0.39, 0.29) is 5.69 Å². The van der Waals surface area contributed by atoms with E-state index in [9.17, 15) is 25.0 Å². The molecule has 0 spiro atoms. The number of hydrazone groups is 1. The molecule has 2 rings (SSSR count). The van der Waals surface area contributed by atoms with Crippen LogP contribution in [-0.4, -0.2) is 22.3 Å². The summed E-state index contributed by atoms with van der Waals surface area (Å²) in [4.78, 5) is 31.0. The van der Waals surface area contributed by atoms with Crippen molar-refractivity contribution in [1.29, 1.82) is 0 Å². The third-order valence-corrected chi connectivity index (χ3v) is 2.90. The van der Waals surface area contributed by atoms with Gasteiger partial charge in [-0.2, -0.15) is 5.10 Å². The number of anilines is 1. The first-order chi connectivity index (χ1) is 11.0. The number of rotatable bonds is 6. The first-order valence-corrected chi connectivity index (χ1v) is 6.29. The average molecular weight is 314 g/mol. The fourth-order valence-corrected chi connectivity index (χ4v) is 1.79. The summed E-state index contributed by atoms with van der Waals surface area (Å²) >= 11 is 0. The monoisotopic (exact) mass is 314 g/mol. The van der Waals surface area contributed by atoms with Crippen LogP contribution in [0.5, 0.6) is 0 Å². The van der Waals surface area contributed by atoms with E-state index < -0.39 is 21.2 Å². The van der Waals surface area contributed by atoms with E-state index in [4.69, 9.17) is 0 Å². The van der Waals surface area contributed by atoms with Crippen LogP contribution in [0.1, 0.15) is 15.9 Å². The van der Waals surface area contributed by atoms with Gasteiger partial charge in [-0.15, -0.1) is 0 Å². The molecular weight excluding hydrogens is 304 g/mol. The predicted molar refractivity (Wildman–Crippen MR) is 82.8 cm³/mol. The largest absolute Gasteiger partial charge is 0.301 e. The van der Waals surface area contributed by atoms with Crippen molar-refractivity contribution in [3.8, 4) is 0 Å². The maximum absolute atomic E-state index is 11.0. The van der Waals surface area contributed by atoms with Crippen molar-refractivity contribution in [2.75, 3.05) is 5.43 Å². The topological polar surface area (TPSA) is 128 Å². The number of carbonyl (C=O) groups excluding carboxylic acids is 1. The van der Waals surface area contributed by atoms with Gasteiger partial charge in [0.05, 0.1) is 22.1 Å². The molecule has 0 bridgehead atoms. The Hall–Kier alpha value is -3.62. The van der Waals surface area contributed by atoms with Gasteiger partial charge in [0, 0.05) is 17.2 Å². The van der Waals surface area contributed by atoms with Crippen LogP contribution >= 0.6 is 0 Å². The van der Waals surface area contributed by atoms with Gasteiger partial charge in [0.2, 0.25) is 0 Å². The zero-order chi connectivity index (χ0) is 16.8. The zero-order valence-corrected chi connectivity index (χ0v) is 11.6. The van der Waals surface area contributed by atoms with Gasteiger partial charge >= 0.3 is 5.69 Å². The fraction of sp³-hybridized carbons (Fsp3) is 0. The molecule has 23 heavy (non-hydrogen) atoms. The molecule has 0 fully saturated rings. The molecule has 0 atom stereocenters. The van der Waals surface area contributed by atoms with E-state index in [0.717, 1.165) is 12.1 Å². The fourth-order valence-electron chi connectivity index (χ4n) is 1.79. The molecule has 2 aromatic rings. The molecule has 0 unspecified atom stereocenters. The summed E-state index contributed by atoms with van der Waals surface area (Å²) in [5.74, 6) is 0. The molecule has 116 valence electrons. The van der Waals surface area contributed by atoms with Crippen LogP contribution in [0.4, 0.5) is 17.1 Å². The van der Waals surface area contributed by atoms with Gasteiger partial charge in [0.25, 0.3) is 5.69 Å². The Morgan fingerprint density at radius 2 is 1.70 bits per heavy atom. The zero-order valence-electron chi connectivity index (χ0n) is 11.6. The average Bonchev–Trinajstić information content (AvgIpc) is 2.55. The Balaban J connectivity index is 2.26. The second-order valence-electron chi connectivity index (χ2n) is 4.33. The van der Waals surface area contributed by atoms with Crippen LogP contribution in [0.2, 0.25) is 0 Å². The first kappa shape index (κ1) is 15.8. The predicted octanol–water partition coefficient (Wildman–Crippen LogP) is 2.76. The second kappa shape index (κ2) is 6.89. The van der Waals surface area contributed by atoms with Gasteiger partial charge in [0.15, 0.2) is 6.29 Å². The molecule has 0 amide bonds. The Morgan fingerprint density at radius 1 is 1.00 bits per heavy atom. The highest BCUT2D eigenvalue weighted by Gasteiger charge is 2.19. The van der Waals surface area contributed by atoms with Crippen molar-refractivity contribution in [2.24, 2.45) is 5.10 Å². The van der Waals surface area contributed by atoms with Crippen LogP contribution < -0.4 is 5.43 Å². The lowest BCUT2D eigenvalue weighted by Crippen LogP contribution is -1.99. The number of nitro groups is 2. The molecule has 2 aromatic carbocycles. The Labute approximate surface area is 129 Å². The summed E-state index contributed by atoms with van der Waals surface area (Å²) in [6, 6.07) is 9.82. The normalized spacial score (nSPS) is 10.4. The first-order valence-electron chi connectivity index (χ1n) is 6.29. The van der Waals surface area contributed by atoms with Crippen molar-refractivity contribution < 1.29 is 14.6 Å². The lowest BCUT2D eigenvalue weighted by Gasteiger charge is -2.02. The lowest BCUT2D eigenvalue weighted by atomic mass is 10.1. The van der Waals surface area contributed by atoms with E-state index in [0.29, 0.717) is 17.4 Å². The van der Waals surface area contributed by atoms with E-state index in [1.54, 1.807) is 24.3 Å². The summed E-state index contributed by atoms with van der Waals surface area (Å²) in [7, 11) is 0. The Bertz CT molecular complexity index is 804. The standard InChI is InChI=1S/C14H10N4O5/c19-9-11-4-2-1-3-10(11)8-15-16-13-6-5-12(17(20)21)7-14(13)18(22)23/h1-9,16H/b15-8+. The van der Waals surface area contributed by atoms with Crippen molar-refractivity contribution >= 4 is 29.6 Å².